The summed E-state index contributed by atoms with van der Waals surface area (Å²) in [6.07, 6.45) is 1.78. The molecule has 0 bridgehead atoms. The van der Waals surface area contributed by atoms with Gasteiger partial charge >= 0.3 is 7.12 Å². The Kier molecular flexibility index (Phi) is 4.13. The molecule has 0 aromatic heterocycles. The minimum absolute atomic E-state index is 0.180. The predicted molar refractivity (Wildman–Crippen MR) is 58.2 cm³/mol. The minimum atomic E-state index is -1.39. The van der Waals surface area contributed by atoms with E-state index in [4.69, 9.17) is 15.8 Å². The van der Waals surface area contributed by atoms with Crippen LogP contribution in [0.3, 0.4) is 0 Å². The fourth-order valence-electron chi connectivity index (χ4n) is 1.27. The van der Waals surface area contributed by atoms with Crippen molar-refractivity contribution in [3.63, 3.8) is 0 Å². The normalized spacial score (nSPS) is 12.6. The number of hydrogen-bond acceptors (Lipinski definition) is 3. The molecule has 0 saturated heterocycles. The van der Waals surface area contributed by atoms with Crippen LogP contribution in [0, 0.1) is 0 Å². The molecule has 4 heteroatoms. The largest absolute Gasteiger partial charge is 0.488 e. The highest BCUT2D eigenvalue weighted by atomic mass is 16.4. The Morgan fingerprint density at radius 2 is 1.86 bits per heavy atom. The highest BCUT2D eigenvalue weighted by molar-refractivity contribution is 6.58. The van der Waals surface area contributed by atoms with Crippen molar-refractivity contribution in [1.82, 2.24) is 0 Å². The first-order valence-corrected chi connectivity index (χ1v) is 4.84. The summed E-state index contributed by atoms with van der Waals surface area (Å²) in [6, 6.07) is 7.36. The molecule has 0 aliphatic carbocycles. The van der Waals surface area contributed by atoms with Gasteiger partial charge in [0, 0.05) is 6.04 Å². The average Bonchev–Trinajstić information content (AvgIpc) is 2.18. The van der Waals surface area contributed by atoms with Crippen LogP contribution in [0.4, 0.5) is 0 Å². The SMILES string of the molecule is CC[C@@H](N)Cc1ccc(B(O)O)cc1. The molecule has 14 heavy (non-hydrogen) atoms. The van der Waals surface area contributed by atoms with Gasteiger partial charge in [0.2, 0.25) is 0 Å². The fraction of sp³-hybridized carbons (Fsp3) is 0.400. The molecule has 1 aromatic rings. The molecule has 0 heterocycles. The van der Waals surface area contributed by atoms with Gasteiger partial charge in [0.25, 0.3) is 0 Å². The summed E-state index contributed by atoms with van der Waals surface area (Å²) in [5.74, 6) is 0. The molecule has 4 N–H and O–H groups in total. The number of benzene rings is 1. The van der Waals surface area contributed by atoms with E-state index in [1.165, 1.54) is 0 Å². The van der Waals surface area contributed by atoms with Gasteiger partial charge in [-0.1, -0.05) is 31.2 Å². The smallest absolute Gasteiger partial charge is 0.423 e. The third kappa shape index (κ3) is 3.14. The monoisotopic (exact) mass is 193 g/mol. The maximum absolute atomic E-state index is 8.87. The van der Waals surface area contributed by atoms with Crippen molar-refractivity contribution in [3.05, 3.63) is 29.8 Å². The third-order valence-corrected chi connectivity index (χ3v) is 2.30. The lowest BCUT2D eigenvalue weighted by atomic mass is 9.80. The Bertz CT molecular complexity index is 274. The maximum atomic E-state index is 8.87. The van der Waals surface area contributed by atoms with Crippen molar-refractivity contribution >= 4 is 12.6 Å². The molecule has 0 spiro atoms. The van der Waals surface area contributed by atoms with E-state index in [1.807, 2.05) is 12.1 Å². The Morgan fingerprint density at radius 1 is 1.29 bits per heavy atom. The van der Waals surface area contributed by atoms with Crippen LogP contribution in [0.1, 0.15) is 18.9 Å². The van der Waals surface area contributed by atoms with Crippen LogP contribution in [0.15, 0.2) is 24.3 Å². The summed E-state index contributed by atoms with van der Waals surface area (Å²) in [4.78, 5) is 0. The van der Waals surface area contributed by atoms with Crippen LogP contribution in [-0.4, -0.2) is 23.2 Å². The number of rotatable bonds is 4. The van der Waals surface area contributed by atoms with Gasteiger partial charge in [0.15, 0.2) is 0 Å². The molecule has 1 atom stereocenters. The van der Waals surface area contributed by atoms with E-state index in [-0.39, 0.29) is 6.04 Å². The summed E-state index contributed by atoms with van der Waals surface area (Å²) in [7, 11) is -1.39. The van der Waals surface area contributed by atoms with Crippen molar-refractivity contribution in [2.75, 3.05) is 0 Å². The van der Waals surface area contributed by atoms with E-state index in [1.54, 1.807) is 12.1 Å². The predicted octanol–water partition coefficient (Wildman–Crippen LogP) is -0.354. The Balaban J connectivity index is 2.64. The van der Waals surface area contributed by atoms with Crippen molar-refractivity contribution in [3.8, 4) is 0 Å². The lowest BCUT2D eigenvalue weighted by Gasteiger charge is -2.08. The summed E-state index contributed by atoms with van der Waals surface area (Å²) in [5, 5.41) is 17.7. The van der Waals surface area contributed by atoms with Gasteiger partial charge in [-0.3, -0.25) is 0 Å². The first kappa shape index (κ1) is 11.2. The molecular formula is C10H16BNO2. The van der Waals surface area contributed by atoms with Crippen LogP contribution < -0.4 is 11.2 Å². The highest BCUT2D eigenvalue weighted by Gasteiger charge is 2.10. The molecule has 0 aliphatic rings. The summed E-state index contributed by atoms with van der Waals surface area (Å²) in [5.41, 5.74) is 7.45. The van der Waals surface area contributed by atoms with Gasteiger partial charge < -0.3 is 15.8 Å². The molecule has 0 saturated carbocycles. The van der Waals surface area contributed by atoms with Crippen molar-refractivity contribution in [2.45, 2.75) is 25.8 Å². The lowest BCUT2D eigenvalue weighted by molar-refractivity contribution is 0.426. The second-order valence-electron chi connectivity index (χ2n) is 3.49. The first-order chi connectivity index (χ1) is 6.63. The molecule has 0 radical (unpaired) electrons. The van der Waals surface area contributed by atoms with E-state index < -0.39 is 7.12 Å². The van der Waals surface area contributed by atoms with Gasteiger partial charge in [0.1, 0.15) is 0 Å². The number of nitrogens with two attached hydrogens (primary N) is 1. The molecule has 0 aliphatic heterocycles. The van der Waals surface area contributed by atoms with Crippen LogP contribution in [-0.2, 0) is 6.42 Å². The van der Waals surface area contributed by atoms with Gasteiger partial charge in [-0.2, -0.15) is 0 Å². The average molecular weight is 193 g/mol. The Morgan fingerprint density at radius 3 is 2.29 bits per heavy atom. The van der Waals surface area contributed by atoms with Crippen LogP contribution >= 0.6 is 0 Å². The first-order valence-electron chi connectivity index (χ1n) is 4.84. The Hall–Kier alpha value is -0.835. The summed E-state index contributed by atoms with van der Waals surface area (Å²) >= 11 is 0. The van der Waals surface area contributed by atoms with Crippen molar-refractivity contribution in [2.24, 2.45) is 5.73 Å². The number of hydrogen-bond donors (Lipinski definition) is 3. The van der Waals surface area contributed by atoms with E-state index >= 15 is 0 Å². The highest BCUT2D eigenvalue weighted by Crippen LogP contribution is 2.02. The molecule has 1 rings (SSSR count). The van der Waals surface area contributed by atoms with E-state index in [0.717, 1.165) is 18.4 Å². The molecule has 0 unspecified atom stereocenters. The third-order valence-electron chi connectivity index (χ3n) is 2.30. The Labute approximate surface area is 84.7 Å². The molecule has 1 aromatic carbocycles. The van der Waals surface area contributed by atoms with Gasteiger partial charge in [-0.25, -0.2) is 0 Å². The zero-order valence-electron chi connectivity index (χ0n) is 8.35. The van der Waals surface area contributed by atoms with E-state index in [9.17, 15) is 0 Å². The van der Waals surface area contributed by atoms with E-state index in [0.29, 0.717) is 5.46 Å². The molecule has 0 amide bonds. The molecule has 0 fully saturated rings. The van der Waals surface area contributed by atoms with Crippen molar-refractivity contribution in [1.29, 1.82) is 0 Å². The molecule has 76 valence electrons. The topological polar surface area (TPSA) is 66.5 Å². The zero-order valence-corrected chi connectivity index (χ0v) is 8.35. The maximum Gasteiger partial charge on any atom is 0.488 e. The minimum Gasteiger partial charge on any atom is -0.423 e. The second kappa shape index (κ2) is 5.15. The summed E-state index contributed by atoms with van der Waals surface area (Å²) in [6.45, 7) is 2.05. The second-order valence-corrected chi connectivity index (χ2v) is 3.49. The summed E-state index contributed by atoms with van der Waals surface area (Å²) < 4.78 is 0. The van der Waals surface area contributed by atoms with Crippen LogP contribution in [0.25, 0.3) is 0 Å². The van der Waals surface area contributed by atoms with Crippen LogP contribution in [0.5, 0.6) is 0 Å². The fourth-order valence-corrected chi connectivity index (χ4v) is 1.27. The van der Waals surface area contributed by atoms with E-state index in [2.05, 4.69) is 6.92 Å². The van der Waals surface area contributed by atoms with Gasteiger partial charge in [-0.05, 0) is 23.9 Å². The molecule has 3 nitrogen and oxygen atoms in total. The quantitative estimate of drug-likeness (QED) is 0.572. The standard InChI is InChI=1S/C10H16BNO2/c1-2-10(12)7-8-3-5-9(6-4-8)11(13)14/h3-6,10,13-14H,2,7,12H2,1H3/t10-/m1/s1. The van der Waals surface area contributed by atoms with Gasteiger partial charge in [0.05, 0.1) is 0 Å². The lowest BCUT2D eigenvalue weighted by Crippen LogP contribution is -2.29. The molecular weight excluding hydrogens is 177 g/mol. The van der Waals surface area contributed by atoms with Crippen molar-refractivity contribution < 1.29 is 10.0 Å². The van der Waals surface area contributed by atoms with Crippen LogP contribution in [0.2, 0.25) is 0 Å². The van der Waals surface area contributed by atoms with Gasteiger partial charge in [-0.15, -0.1) is 0 Å². The zero-order chi connectivity index (χ0) is 10.6.